The van der Waals surface area contributed by atoms with Crippen molar-refractivity contribution >= 4 is 11.1 Å². The lowest BCUT2D eigenvalue weighted by Gasteiger charge is -1.90. The summed E-state index contributed by atoms with van der Waals surface area (Å²) in [5, 5.41) is -0.120. The third-order valence-corrected chi connectivity index (χ3v) is 1.21. The van der Waals surface area contributed by atoms with E-state index in [1.807, 2.05) is 0 Å². The van der Waals surface area contributed by atoms with Crippen LogP contribution in [-0.2, 0) is 11.1 Å². The van der Waals surface area contributed by atoms with Gasteiger partial charge in [0, 0.05) is 0 Å². The zero-order valence-corrected chi connectivity index (χ0v) is 4.66. The summed E-state index contributed by atoms with van der Waals surface area (Å²) in [6.45, 7) is 3.38. The molecule has 38 valence electrons. The molecular formula is C3H8O2S. The average Bonchev–Trinajstić information content (AvgIpc) is 1.36. The molecule has 0 rings (SSSR count). The van der Waals surface area contributed by atoms with Gasteiger partial charge in [0.2, 0.25) is 0 Å². The van der Waals surface area contributed by atoms with Crippen LogP contribution in [0.15, 0.2) is 0 Å². The van der Waals surface area contributed by atoms with Crippen molar-refractivity contribution in [3.05, 3.63) is 0 Å². The summed E-state index contributed by atoms with van der Waals surface area (Å²) >= 11 is -1.62. The summed E-state index contributed by atoms with van der Waals surface area (Å²) in [5.74, 6) is 0. The molecule has 0 aromatic rings. The fourth-order valence-electron chi connectivity index (χ4n) is 0. The molecule has 0 aromatic carbocycles. The van der Waals surface area contributed by atoms with Gasteiger partial charge in [-0.25, -0.2) is 4.21 Å². The molecule has 6 heavy (non-hydrogen) atoms. The molecule has 0 heterocycles. The molecule has 0 radical (unpaired) electrons. The highest BCUT2D eigenvalue weighted by Crippen LogP contribution is 1.85. The van der Waals surface area contributed by atoms with Gasteiger partial charge < -0.3 is 4.55 Å². The van der Waals surface area contributed by atoms with Crippen molar-refractivity contribution in [2.45, 2.75) is 19.1 Å². The molecule has 0 unspecified atom stereocenters. The molecule has 0 aliphatic carbocycles. The van der Waals surface area contributed by atoms with E-state index in [0.29, 0.717) is 0 Å². The van der Waals surface area contributed by atoms with E-state index < -0.39 is 11.1 Å². The first-order valence-electron chi connectivity index (χ1n) is 1.74. The van der Waals surface area contributed by atoms with Crippen LogP contribution in [0.3, 0.4) is 0 Å². The molecule has 0 saturated heterocycles. The largest absolute Gasteiger partial charge is 0.306 e. The molecule has 0 saturated carbocycles. The fourth-order valence-corrected chi connectivity index (χ4v) is 0. The Bertz CT molecular complexity index is 59.8. The van der Waals surface area contributed by atoms with Gasteiger partial charge in [-0.1, -0.05) is 0 Å². The van der Waals surface area contributed by atoms with Crippen molar-refractivity contribution in [1.29, 1.82) is 0 Å². The van der Waals surface area contributed by atoms with E-state index in [-0.39, 0.29) is 5.25 Å². The van der Waals surface area contributed by atoms with E-state index >= 15 is 0 Å². The minimum atomic E-state index is -1.62. The lowest BCUT2D eigenvalue weighted by atomic mass is 10.6. The van der Waals surface area contributed by atoms with E-state index in [1.54, 1.807) is 13.8 Å². The van der Waals surface area contributed by atoms with Crippen LogP contribution in [0.2, 0.25) is 0 Å². The van der Waals surface area contributed by atoms with Crippen molar-refractivity contribution in [1.82, 2.24) is 0 Å². The van der Waals surface area contributed by atoms with Gasteiger partial charge in [-0.2, -0.15) is 0 Å². The first-order valence-corrected chi connectivity index (χ1v) is 2.91. The highest BCUT2D eigenvalue weighted by atomic mass is 32.2. The highest BCUT2D eigenvalue weighted by molar-refractivity contribution is 7.79. The molecule has 1 N–H and O–H groups in total. The van der Waals surface area contributed by atoms with E-state index in [1.165, 1.54) is 0 Å². The third-order valence-electron chi connectivity index (χ3n) is 0.403. The van der Waals surface area contributed by atoms with Crippen molar-refractivity contribution in [3.63, 3.8) is 0 Å². The second kappa shape index (κ2) is 2.31. The van der Waals surface area contributed by atoms with Crippen LogP contribution in [-0.4, -0.2) is 14.0 Å². The maximum absolute atomic E-state index is 9.81. The van der Waals surface area contributed by atoms with E-state index in [9.17, 15) is 4.21 Å². The Hall–Kier alpha value is 0.110. The van der Waals surface area contributed by atoms with Gasteiger partial charge in [0.25, 0.3) is 0 Å². The summed E-state index contributed by atoms with van der Waals surface area (Å²) in [5.41, 5.74) is 0. The Morgan fingerprint density at radius 2 is 1.83 bits per heavy atom. The van der Waals surface area contributed by atoms with Crippen molar-refractivity contribution in [2.75, 3.05) is 0 Å². The van der Waals surface area contributed by atoms with Crippen molar-refractivity contribution < 1.29 is 8.76 Å². The Morgan fingerprint density at radius 3 is 1.83 bits per heavy atom. The van der Waals surface area contributed by atoms with Crippen LogP contribution in [0, 0.1) is 0 Å². The number of hydrogen-bond donors (Lipinski definition) is 1. The second-order valence-electron chi connectivity index (χ2n) is 1.32. The topological polar surface area (TPSA) is 37.3 Å². The summed E-state index contributed by atoms with van der Waals surface area (Å²) < 4.78 is 17.9. The van der Waals surface area contributed by atoms with Gasteiger partial charge >= 0.3 is 0 Å². The molecular weight excluding hydrogens is 100 g/mol. The quantitative estimate of drug-likeness (QED) is 0.500. The second-order valence-corrected chi connectivity index (χ2v) is 2.82. The maximum Gasteiger partial charge on any atom is 0.155 e. The maximum atomic E-state index is 9.81. The summed E-state index contributed by atoms with van der Waals surface area (Å²) in [6, 6.07) is 0. The summed E-state index contributed by atoms with van der Waals surface area (Å²) in [6.07, 6.45) is 0. The van der Waals surface area contributed by atoms with Crippen LogP contribution in [0.4, 0.5) is 0 Å². The van der Waals surface area contributed by atoms with Gasteiger partial charge in [-0.05, 0) is 13.8 Å². The van der Waals surface area contributed by atoms with E-state index in [4.69, 9.17) is 4.55 Å². The minimum absolute atomic E-state index is 0.120. The standard InChI is InChI=1S/C3H8O2S/c1-3(2)6(4)5/h3H,1-2H3,(H,4,5). The SMILES string of the molecule is CC(C)[S@@](=O)O. The molecule has 0 aliphatic heterocycles. The third kappa shape index (κ3) is 2.35. The molecule has 0 amide bonds. The van der Waals surface area contributed by atoms with Gasteiger partial charge in [0.05, 0.1) is 5.25 Å². The van der Waals surface area contributed by atoms with Crippen LogP contribution < -0.4 is 0 Å². The Balaban J connectivity index is 3.26. The smallest absolute Gasteiger partial charge is 0.155 e. The molecule has 0 spiro atoms. The van der Waals surface area contributed by atoms with Crippen LogP contribution in [0.25, 0.3) is 0 Å². The van der Waals surface area contributed by atoms with Crippen LogP contribution in [0.5, 0.6) is 0 Å². The molecule has 0 fully saturated rings. The first-order chi connectivity index (χ1) is 2.64. The first kappa shape index (κ1) is 6.11. The summed E-state index contributed by atoms with van der Waals surface area (Å²) in [7, 11) is 0. The fraction of sp³-hybridized carbons (Fsp3) is 1.00. The zero-order chi connectivity index (χ0) is 5.15. The number of hydrogen-bond acceptors (Lipinski definition) is 1. The molecule has 0 bridgehead atoms. The molecule has 1 atom stereocenters. The Morgan fingerprint density at radius 1 is 1.67 bits per heavy atom. The molecule has 0 aliphatic rings. The summed E-state index contributed by atoms with van der Waals surface area (Å²) in [4.78, 5) is 0. The highest BCUT2D eigenvalue weighted by Gasteiger charge is 1.95. The predicted molar refractivity (Wildman–Crippen MR) is 25.9 cm³/mol. The van der Waals surface area contributed by atoms with Crippen LogP contribution >= 0.6 is 0 Å². The Labute approximate surface area is 39.8 Å². The van der Waals surface area contributed by atoms with Gasteiger partial charge in [-0.15, -0.1) is 0 Å². The normalized spacial score (nSPS) is 15.3. The van der Waals surface area contributed by atoms with Crippen molar-refractivity contribution in [2.24, 2.45) is 0 Å². The van der Waals surface area contributed by atoms with Crippen molar-refractivity contribution in [3.8, 4) is 0 Å². The Kier molecular flexibility index (Phi) is 2.35. The van der Waals surface area contributed by atoms with Crippen LogP contribution in [0.1, 0.15) is 13.8 Å². The van der Waals surface area contributed by atoms with E-state index in [0.717, 1.165) is 0 Å². The van der Waals surface area contributed by atoms with Gasteiger partial charge in [-0.3, -0.25) is 0 Å². The van der Waals surface area contributed by atoms with Gasteiger partial charge in [0.1, 0.15) is 0 Å². The average molecular weight is 108 g/mol. The molecule has 2 nitrogen and oxygen atoms in total. The predicted octanol–water partition coefficient (Wildman–Crippen LogP) is 0.617. The van der Waals surface area contributed by atoms with E-state index in [2.05, 4.69) is 0 Å². The molecule has 3 heteroatoms. The lowest BCUT2D eigenvalue weighted by molar-refractivity contribution is 0.555. The lowest BCUT2D eigenvalue weighted by Crippen LogP contribution is -2.01. The van der Waals surface area contributed by atoms with Gasteiger partial charge in [0.15, 0.2) is 11.1 Å². The monoisotopic (exact) mass is 108 g/mol. The molecule has 0 aromatic heterocycles. The number of rotatable bonds is 1. The zero-order valence-electron chi connectivity index (χ0n) is 3.84. The minimum Gasteiger partial charge on any atom is -0.306 e.